The smallest absolute Gasteiger partial charge is 0.307 e. The van der Waals surface area contributed by atoms with Crippen molar-refractivity contribution in [2.24, 2.45) is 0 Å². The Morgan fingerprint density at radius 3 is 2.55 bits per heavy atom. The van der Waals surface area contributed by atoms with Crippen LogP contribution in [0.1, 0.15) is 33.6 Å². The summed E-state index contributed by atoms with van der Waals surface area (Å²) in [6.07, 6.45) is 5.22. The summed E-state index contributed by atoms with van der Waals surface area (Å²) >= 11 is 13.1. The molecule has 5 nitrogen and oxygen atoms in total. The fourth-order valence-electron chi connectivity index (χ4n) is 3.63. The summed E-state index contributed by atoms with van der Waals surface area (Å²) in [6.45, 7) is 0. The van der Waals surface area contributed by atoms with Crippen molar-refractivity contribution in [1.82, 2.24) is 10.9 Å². The monoisotopic (exact) mass is 485 g/mol. The minimum absolute atomic E-state index is 0.0976. The molecule has 1 fully saturated rings. The minimum Gasteiger partial charge on any atom is -0.307 e. The molecule has 1 spiro atoms. The van der Waals surface area contributed by atoms with E-state index in [2.05, 4.69) is 22.4 Å². The summed E-state index contributed by atoms with van der Waals surface area (Å²) in [5.41, 5.74) is 8.11. The quantitative estimate of drug-likeness (QED) is 0.392. The van der Waals surface area contributed by atoms with Crippen molar-refractivity contribution in [2.75, 3.05) is 23.1 Å². The summed E-state index contributed by atoms with van der Waals surface area (Å²) in [7, 11) is 0. The van der Waals surface area contributed by atoms with Crippen molar-refractivity contribution in [2.45, 2.75) is 27.6 Å². The van der Waals surface area contributed by atoms with Gasteiger partial charge >= 0.3 is 6.03 Å². The molecule has 0 saturated carbocycles. The highest BCUT2D eigenvalue weighted by atomic mass is 35.5. The average Bonchev–Trinajstić information content (AvgIpc) is 3.34. The molecule has 1 saturated heterocycles. The molecule has 1 aromatic carbocycles. The molecule has 154 valence electrons. The summed E-state index contributed by atoms with van der Waals surface area (Å²) in [5.74, 6) is 2.05. The van der Waals surface area contributed by atoms with E-state index in [1.165, 1.54) is 21.1 Å². The van der Waals surface area contributed by atoms with E-state index in [9.17, 15) is 9.59 Å². The number of thiophene rings is 1. The largest absolute Gasteiger partial charge is 0.337 e. The van der Waals surface area contributed by atoms with Crippen LogP contribution < -0.4 is 16.2 Å². The van der Waals surface area contributed by atoms with Gasteiger partial charge in [-0.25, -0.2) is 10.2 Å². The predicted octanol–water partition coefficient (Wildman–Crippen LogP) is 5.56. The topological polar surface area (TPSA) is 70.2 Å². The van der Waals surface area contributed by atoms with Crippen molar-refractivity contribution in [3.8, 4) is 0 Å². The summed E-state index contributed by atoms with van der Waals surface area (Å²) in [6, 6.07) is 6.26. The van der Waals surface area contributed by atoms with Crippen LogP contribution in [0.5, 0.6) is 0 Å². The molecule has 10 heteroatoms. The van der Waals surface area contributed by atoms with Gasteiger partial charge in [0.25, 0.3) is 5.91 Å². The van der Waals surface area contributed by atoms with E-state index in [1.54, 1.807) is 36.0 Å². The molecule has 3 N–H and O–H groups in total. The lowest BCUT2D eigenvalue weighted by molar-refractivity contribution is 0.0941. The Kier molecular flexibility index (Phi) is 6.60. The van der Waals surface area contributed by atoms with Crippen LogP contribution in [0.15, 0.2) is 28.5 Å². The fourth-order valence-corrected chi connectivity index (χ4v) is 9.63. The highest BCUT2D eigenvalue weighted by Crippen LogP contribution is 2.61. The number of hydrogen-bond donors (Lipinski definition) is 3. The Morgan fingerprint density at radius 2 is 1.86 bits per heavy atom. The zero-order chi connectivity index (χ0) is 20.4. The van der Waals surface area contributed by atoms with E-state index in [4.69, 9.17) is 11.6 Å². The molecule has 2 aliphatic rings. The summed E-state index contributed by atoms with van der Waals surface area (Å²) in [4.78, 5) is 25.7. The van der Waals surface area contributed by atoms with Crippen LogP contribution >= 0.6 is 58.2 Å². The van der Waals surface area contributed by atoms with Gasteiger partial charge in [0.1, 0.15) is 0 Å². The maximum atomic E-state index is 12.9. The van der Waals surface area contributed by atoms with Crippen molar-refractivity contribution >= 4 is 75.8 Å². The first-order chi connectivity index (χ1) is 14.0. The Morgan fingerprint density at radius 1 is 1.14 bits per heavy atom. The zero-order valence-electron chi connectivity index (χ0n) is 15.7. The number of nitrogens with one attached hydrogen (secondary N) is 3. The molecule has 2 heterocycles. The molecule has 4 rings (SSSR count). The van der Waals surface area contributed by atoms with Gasteiger partial charge < -0.3 is 5.32 Å². The van der Waals surface area contributed by atoms with E-state index in [0.717, 1.165) is 36.3 Å². The number of anilines is 1. The third-order valence-electron chi connectivity index (χ3n) is 4.83. The van der Waals surface area contributed by atoms with Crippen LogP contribution in [-0.4, -0.2) is 29.7 Å². The Balaban J connectivity index is 1.47. The van der Waals surface area contributed by atoms with Gasteiger partial charge in [-0.1, -0.05) is 11.6 Å². The first kappa shape index (κ1) is 21.2. The van der Waals surface area contributed by atoms with Crippen LogP contribution in [-0.2, 0) is 10.5 Å². The molecule has 1 aliphatic heterocycles. The van der Waals surface area contributed by atoms with Crippen molar-refractivity contribution in [3.05, 3.63) is 45.3 Å². The molecule has 0 atom stereocenters. The van der Waals surface area contributed by atoms with Gasteiger partial charge in [0.2, 0.25) is 0 Å². The van der Waals surface area contributed by atoms with Crippen molar-refractivity contribution in [1.29, 1.82) is 0 Å². The van der Waals surface area contributed by atoms with Gasteiger partial charge in [-0.3, -0.25) is 10.2 Å². The van der Waals surface area contributed by atoms with Crippen LogP contribution in [0.3, 0.4) is 0 Å². The number of carbonyl (C=O) groups is 2. The summed E-state index contributed by atoms with van der Waals surface area (Å²) in [5, 5.41) is 3.25. The number of thioether (sulfide) groups is 3. The van der Waals surface area contributed by atoms with Crippen LogP contribution in [0.4, 0.5) is 10.5 Å². The van der Waals surface area contributed by atoms with Gasteiger partial charge in [0, 0.05) is 27.8 Å². The molecule has 2 aromatic rings. The molecule has 0 bridgehead atoms. The second-order valence-electron chi connectivity index (χ2n) is 6.62. The maximum Gasteiger partial charge on any atom is 0.337 e. The van der Waals surface area contributed by atoms with E-state index in [1.807, 2.05) is 23.5 Å². The lowest BCUT2D eigenvalue weighted by atomic mass is 9.92. The van der Waals surface area contributed by atoms with E-state index in [-0.39, 0.29) is 9.99 Å². The molecular weight excluding hydrogens is 466 g/mol. The SMILES string of the molecule is CSc1sc(C(=O)NNC(=O)Nc2ccc(Cl)cc2)c2c1C1(CCC2)SCCS1. The van der Waals surface area contributed by atoms with E-state index < -0.39 is 6.03 Å². The van der Waals surface area contributed by atoms with Gasteiger partial charge in [-0.2, -0.15) is 0 Å². The number of hydrazine groups is 1. The van der Waals surface area contributed by atoms with Gasteiger partial charge in [-0.15, -0.1) is 46.6 Å². The zero-order valence-corrected chi connectivity index (χ0v) is 19.7. The number of carbonyl (C=O) groups excluding carboxylic acids is 2. The lowest BCUT2D eigenvalue weighted by Crippen LogP contribution is -2.44. The number of hydrogen-bond acceptors (Lipinski definition) is 6. The van der Waals surface area contributed by atoms with Crippen molar-refractivity contribution < 1.29 is 9.59 Å². The van der Waals surface area contributed by atoms with Crippen LogP contribution in [0.25, 0.3) is 0 Å². The molecule has 1 aromatic heterocycles. The molecular formula is C19H20ClN3O2S4. The maximum absolute atomic E-state index is 12.9. The van der Waals surface area contributed by atoms with Crippen LogP contribution in [0, 0.1) is 0 Å². The standard InChI is InChI=1S/C19H20ClN3O2S4/c1-26-17-14-13(3-2-8-19(14)27-9-10-28-19)15(29-17)16(24)22-23-18(25)21-12-6-4-11(20)5-7-12/h4-7H,2-3,8-10H2,1H3,(H,22,24)(H2,21,23,25). The Hall–Kier alpha value is -1.000. The highest BCUT2D eigenvalue weighted by Gasteiger charge is 2.45. The molecule has 1 aliphatic carbocycles. The minimum atomic E-state index is -0.505. The second kappa shape index (κ2) is 9.01. The molecule has 0 radical (unpaired) electrons. The normalized spacial score (nSPS) is 17.0. The third kappa shape index (κ3) is 4.39. The van der Waals surface area contributed by atoms with Crippen LogP contribution in [0.2, 0.25) is 5.02 Å². The number of benzene rings is 1. The third-order valence-corrected chi connectivity index (χ3v) is 11.0. The summed E-state index contributed by atoms with van der Waals surface area (Å²) < 4.78 is 1.32. The van der Waals surface area contributed by atoms with E-state index >= 15 is 0 Å². The number of rotatable bonds is 3. The Labute approximate surface area is 191 Å². The van der Waals surface area contributed by atoms with Gasteiger partial charge in [-0.05, 0) is 55.3 Å². The molecule has 0 unspecified atom stereocenters. The first-order valence-electron chi connectivity index (χ1n) is 9.13. The highest BCUT2D eigenvalue weighted by molar-refractivity contribution is 8.20. The predicted molar refractivity (Wildman–Crippen MR) is 127 cm³/mol. The Bertz CT molecular complexity index is 926. The fraction of sp³-hybridized carbons (Fsp3) is 0.368. The second-order valence-corrected chi connectivity index (χ2v) is 12.2. The molecule has 29 heavy (non-hydrogen) atoms. The number of fused-ring (bicyclic) bond motifs is 2. The van der Waals surface area contributed by atoms with Gasteiger partial charge in [0.15, 0.2) is 0 Å². The van der Waals surface area contributed by atoms with Gasteiger partial charge in [0.05, 0.1) is 13.2 Å². The van der Waals surface area contributed by atoms with Crippen molar-refractivity contribution in [3.63, 3.8) is 0 Å². The number of urea groups is 1. The molecule has 3 amide bonds. The van der Waals surface area contributed by atoms with E-state index in [0.29, 0.717) is 15.6 Å². The first-order valence-corrected chi connectivity index (χ1v) is 13.5. The average molecular weight is 486 g/mol. The number of halogens is 1. The number of amides is 3. The lowest BCUT2D eigenvalue weighted by Gasteiger charge is -2.33.